The van der Waals surface area contributed by atoms with Gasteiger partial charge in [-0.1, -0.05) is 12.1 Å². The van der Waals surface area contributed by atoms with Gasteiger partial charge in [0.1, 0.15) is 5.75 Å². The summed E-state index contributed by atoms with van der Waals surface area (Å²) in [5, 5.41) is 0. The average Bonchev–Trinajstić information content (AvgIpc) is 2.43. The standard InChI is InChI=1S/C16H24N2O2/c1-3-18(15(19)11-16(17)9-4-10-16)12-13-5-7-14(20-2)8-6-13/h5-8H,3-4,9-12,17H2,1-2H3. The number of carbonyl (C=O) groups excluding carboxylic acids is 1. The van der Waals surface area contributed by atoms with Crippen molar-refractivity contribution < 1.29 is 9.53 Å². The van der Waals surface area contributed by atoms with Gasteiger partial charge in [-0.05, 0) is 43.9 Å². The van der Waals surface area contributed by atoms with Gasteiger partial charge in [0.2, 0.25) is 5.91 Å². The number of ether oxygens (including phenoxy) is 1. The van der Waals surface area contributed by atoms with Crippen molar-refractivity contribution >= 4 is 5.91 Å². The number of hydrogen-bond acceptors (Lipinski definition) is 3. The third-order valence-electron chi connectivity index (χ3n) is 4.12. The predicted octanol–water partition coefficient (Wildman–Crippen LogP) is 2.32. The van der Waals surface area contributed by atoms with E-state index >= 15 is 0 Å². The second kappa shape index (κ2) is 6.27. The summed E-state index contributed by atoms with van der Waals surface area (Å²) in [5.74, 6) is 0.990. The zero-order chi connectivity index (χ0) is 14.6. The molecule has 4 nitrogen and oxygen atoms in total. The maximum Gasteiger partial charge on any atom is 0.224 e. The van der Waals surface area contributed by atoms with Crippen LogP contribution in [0.5, 0.6) is 5.75 Å². The summed E-state index contributed by atoms with van der Waals surface area (Å²) in [5.41, 5.74) is 7.03. The number of carbonyl (C=O) groups is 1. The first-order chi connectivity index (χ1) is 9.56. The van der Waals surface area contributed by atoms with Crippen LogP contribution in [0.3, 0.4) is 0 Å². The maximum absolute atomic E-state index is 12.3. The van der Waals surface area contributed by atoms with E-state index in [2.05, 4.69) is 0 Å². The Morgan fingerprint density at radius 1 is 1.35 bits per heavy atom. The first-order valence-corrected chi connectivity index (χ1v) is 7.26. The number of benzene rings is 1. The minimum atomic E-state index is -0.246. The smallest absolute Gasteiger partial charge is 0.224 e. The molecular weight excluding hydrogens is 252 g/mol. The molecule has 1 aromatic rings. The Kier molecular flexibility index (Phi) is 4.65. The molecule has 1 amide bonds. The van der Waals surface area contributed by atoms with Crippen LogP contribution in [-0.2, 0) is 11.3 Å². The van der Waals surface area contributed by atoms with Crippen molar-refractivity contribution in [2.24, 2.45) is 5.73 Å². The molecule has 1 aliphatic rings. The second-order valence-corrected chi connectivity index (χ2v) is 5.65. The molecule has 4 heteroatoms. The summed E-state index contributed by atoms with van der Waals surface area (Å²) < 4.78 is 5.14. The van der Waals surface area contributed by atoms with Crippen LogP contribution in [0.2, 0.25) is 0 Å². The predicted molar refractivity (Wildman–Crippen MR) is 79.5 cm³/mol. The summed E-state index contributed by atoms with van der Waals surface area (Å²) in [6.07, 6.45) is 3.56. The van der Waals surface area contributed by atoms with Crippen molar-refractivity contribution in [3.63, 3.8) is 0 Å². The Hall–Kier alpha value is -1.55. The number of nitrogens with zero attached hydrogens (tertiary/aromatic N) is 1. The van der Waals surface area contributed by atoms with Crippen LogP contribution in [0.4, 0.5) is 0 Å². The molecular formula is C16H24N2O2. The summed E-state index contributed by atoms with van der Waals surface area (Å²) in [6, 6.07) is 7.83. The van der Waals surface area contributed by atoms with Gasteiger partial charge in [0.15, 0.2) is 0 Å². The molecule has 1 aliphatic carbocycles. The van der Waals surface area contributed by atoms with Gasteiger partial charge in [0, 0.05) is 25.0 Å². The van der Waals surface area contributed by atoms with E-state index in [9.17, 15) is 4.79 Å². The van der Waals surface area contributed by atoms with E-state index in [1.807, 2.05) is 36.1 Å². The number of nitrogens with two attached hydrogens (primary N) is 1. The van der Waals surface area contributed by atoms with Crippen LogP contribution in [0.1, 0.15) is 38.2 Å². The molecule has 1 fully saturated rings. The highest BCUT2D eigenvalue weighted by Crippen LogP contribution is 2.32. The van der Waals surface area contributed by atoms with Gasteiger partial charge < -0.3 is 15.4 Å². The zero-order valence-corrected chi connectivity index (χ0v) is 12.4. The van der Waals surface area contributed by atoms with Crippen molar-refractivity contribution in [2.45, 2.75) is 44.7 Å². The number of rotatable bonds is 6. The normalized spacial score (nSPS) is 16.4. The molecule has 0 spiro atoms. The largest absolute Gasteiger partial charge is 0.497 e. The molecule has 0 radical (unpaired) electrons. The Labute approximate surface area is 120 Å². The Bertz CT molecular complexity index is 452. The quantitative estimate of drug-likeness (QED) is 0.867. The first-order valence-electron chi connectivity index (χ1n) is 7.26. The Morgan fingerprint density at radius 2 is 2.00 bits per heavy atom. The minimum Gasteiger partial charge on any atom is -0.497 e. The molecule has 0 aromatic heterocycles. The third kappa shape index (κ3) is 3.51. The van der Waals surface area contributed by atoms with Gasteiger partial charge in [0.05, 0.1) is 7.11 Å². The monoisotopic (exact) mass is 276 g/mol. The molecule has 1 saturated carbocycles. The van der Waals surface area contributed by atoms with Gasteiger partial charge in [-0.3, -0.25) is 4.79 Å². The van der Waals surface area contributed by atoms with Crippen LogP contribution in [0, 0.1) is 0 Å². The molecule has 0 aliphatic heterocycles. The number of hydrogen-bond donors (Lipinski definition) is 1. The zero-order valence-electron chi connectivity index (χ0n) is 12.4. The van der Waals surface area contributed by atoms with E-state index in [1.54, 1.807) is 7.11 Å². The van der Waals surface area contributed by atoms with E-state index in [1.165, 1.54) is 0 Å². The van der Waals surface area contributed by atoms with Crippen molar-refractivity contribution in [1.82, 2.24) is 4.90 Å². The summed E-state index contributed by atoms with van der Waals surface area (Å²) in [6.45, 7) is 3.35. The van der Waals surface area contributed by atoms with Gasteiger partial charge in [0.25, 0.3) is 0 Å². The fourth-order valence-electron chi connectivity index (χ4n) is 2.55. The molecule has 110 valence electrons. The first kappa shape index (κ1) is 14.9. The number of methoxy groups -OCH3 is 1. The van der Waals surface area contributed by atoms with Crippen molar-refractivity contribution in [3.05, 3.63) is 29.8 Å². The Morgan fingerprint density at radius 3 is 2.45 bits per heavy atom. The van der Waals surface area contributed by atoms with Gasteiger partial charge in [-0.25, -0.2) is 0 Å². The summed E-state index contributed by atoms with van der Waals surface area (Å²) in [4.78, 5) is 14.2. The average molecular weight is 276 g/mol. The van der Waals surface area contributed by atoms with Gasteiger partial charge >= 0.3 is 0 Å². The SMILES string of the molecule is CCN(Cc1ccc(OC)cc1)C(=O)CC1(N)CCC1. The van der Waals surface area contributed by atoms with Crippen LogP contribution in [0.15, 0.2) is 24.3 Å². The fourth-order valence-corrected chi connectivity index (χ4v) is 2.55. The van der Waals surface area contributed by atoms with Crippen molar-refractivity contribution in [2.75, 3.05) is 13.7 Å². The molecule has 0 heterocycles. The molecule has 0 atom stereocenters. The second-order valence-electron chi connectivity index (χ2n) is 5.65. The lowest BCUT2D eigenvalue weighted by atomic mass is 9.75. The highest BCUT2D eigenvalue weighted by molar-refractivity contribution is 5.77. The summed E-state index contributed by atoms with van der Waals surface area (Å²) in [7, 11) is 1.65. The number of amides is 1. The lowest BCUT2D eigenvalue weighted by molar-refractivity contribution is -0.133. The molecule has 0 unspecified atom stereocenters. The van der Waals surface area contributed by atoms with E-state index < -0.39 is 0 Å². The van der Waals surface area contributed by atoms with E-state index in [0.717, 1.165) is 30.6 Å². The maximum atomic E-state index is 12.3. The molecule has 0 saturated heterocycles. The van der Waals surface area contributed by atoms with Crippen molar-refractivity contribution in [1.29, 1.82) is 0 Å². The highest BCUT2D eigenvalue weighted by atomic mass is 16.5. The van der Waals surface area contributed by atoms with Crippen LogP contribution in [-0.4, -0.2) is 30.0 Å². The lowest BCUT2D eigenvalue weighted by Crippen LogP contribution is -2.50. The molecule has 0 bridgehead atoms. The van der Waals surface area contributed by atoms with Gasteiger partial charge in [-0.15, -0.1) is 0 Å². The summed E-state index contributed by atoms with van der Waals surface area (Å²) >= 11 is 0. The Balaban J connectivity index is 1.94. The van der Waals surface area contributed by atoms with Crippen molar-refractivity contribution in [3.8, 4) is 5.75 Å². The topological polar surface area (TPSA) is 55.6 Å². The fraction of sp³-hybridized carbons (Fsp3) is 0.562. The molecule has 20 heavy (non-hydrogen) atoms. The molecule has 1 aromatic carbocycles. The van der Waals surface area contributed by atoms with Gasteiger partial charge in [-0.2, -0.15) is 0 Å². The van der Waals surface area contributed by atoms with Crippen LogP contribution < -0.4 is 10.5 Å². The third-order valence-corrected chi connectivity index (χ3v) is 4.12. The van der Waals surface area contributed by atoms with E-state index in [-0.39, 0.29) is 11.4 Å². The van der Waals surface area contributed by atoms with E-state index in [4.69, 9.17) is 10.5 Å². The lowest BCUT2D eigenvalue weighted by Gasteiger charge is -2.38. The van der Waals surface area contributed by atoms with Crippen LogP contribution in [0.25, 0.3) is 0 Å². The molecule has 2 rings (SSSR count). The highest BCUT2D eigenvalue weighted by Gasteiger charge is 2.35. The molecule has 2 N–H and O–H groups in total. The van der Waals surface area contributed by atoms with Crippen LogP contribution >= 0.6 is 0 Å². The minimum absolute atomic E-state index is 0.158. The van der Waals surface area contributed by atoms with E-state index in [0.29, 0.717) is 19.5 Å².